The minimum absolute atomic E-state index is 0.0299. The zero-order chi connectivity index (χ0) is 21.0. The zero-order valence-corrected chi connectivity index (χ0v) is 17.0. The molecule has 0 bridgehead atoms. The second kappa shape index (κ2) is 8.60. The molecular formula is C20H23N3O5S. The fraction of sp³-hybridized carbons (Fsp3) is 0.350. The first kappa shape index (κ1) is 20.8. The number of non-ortho nitro benzene ring substituents is 1. The predicted molar refractivity (Wildman–Crippen MR) is 110 cm³/mol. The van der Waals surface area contributed by atoms with Gasteiger partial charge in [-0.15, -0.1) is 0 Å². The van der Waals surface area contributed by atoms with Gasteiger partial charge in [0.2, 0.25) is 5.91 Å². The van der Waals surface area contributed by atoms with Crippen molar-refractivity contribution >= 4 is 27.1 Å². The van der Waals surface area contributed by atoms with E-state index in [-0.39, 0.29) is 28.7 Å². The molecule has 0 spiro atoms. The van der Waals surface area contributed by atoms with Crippen LogP contribution in [0.4, 0.5) is 11.4 Å². The quantitative estimate of drug-likeness (QED) is 0.528. The number of anilines is 1. The van der Waals surface area contributed by atoms with E-state index in [1.165, 1.54) is 12.1 Å². The number of nitro benzene ring substituents is 1. The van der Waals surface area contributed by atoms with E-state index in [0.717, 1.165) is 11.3 Å². The molecule has 1 aliphatic heterocycles. The Labute approximate surface area is 169 Å². The van der Waals surface area contributed by atoms with Gasteiger partial charge in [0.25, 0.3) is 5.69 Å². The predicted octanol–water partition coefficient (Wildman–Crippen LogP) is 2.42. The van der Waals surface area contributed by atoms with Gasteiger partial charge < -0.3 is 9.80 Å². The van der Waals surface area contributed by atoms with Gasteiger partial charge in [-0.05, 0) is 25.1 Å². The lowest BCUT2D eigenvalue weighted by Crippen LogP contribution is -2.49. The molecule has 9 heteroatoms. The van der Waals surface area contributed by atoms with Crippen LogP contribution in [-0.4, -0.2) is 56.1 Å². The largest absolute Gasteiger partial charge is 0.368 e. The normalized spacial score (nSPS) is 14.7. The van der Waals surface area contributed by atoms with E-state index in [2.05, 4.69) is 0 Å². The van der Waals surface area contributed by atoms with Crippen LogP contribution in [0.15, 0.2) is 53.4 Å². The van der Waals surface area contributed by atoms with Gasteiger partial charge in [-0.3, -0.25) is 14.9 Å². The van der Waals surface area contributed by atoms with E-state index >= 15 is 0 Å². The van der Waals surface area contributed by atoms with Crippen molar-refractivity contribution < 1.29 is 18.1 Å². The summed E-state index contributed by atoms with van der Waals surface area (Å²) in [6, 6.07) is 13.0. The Morgan fingerprint density at radius 1 is 1.07 bits per heavy atom. The molecule has 29 heavy (non-hydrogen) atoms. The maximum atomic E-state index is 12.5. The summed E-state index contributed by atoms with van der Waals surface area (Å²) in [6.45, 7) is 3.86. The number of hydrogen-bond donors (Lipinski definition) is 0. The van der Waals surface area contributed by atoms with Crippen molar-refractivity contribution in [3.05, 3.63) is 64.2 Å². The van der Waals surface area contributed by atoms with Crippen LogP contribution in [0.25, 0.3) is 0 Å². The molecule has 2 aromatic carbocycles. The summed E-state index contributed by atoms with van der Waals surface area (Å²) >= 11 is 0. The third-order valence-electron chi connectivity index (χ3n) is 5.00. The number of carbonyl (C=O) groups is 1. The van der Waals surface area contributed by atoms with E-state index in [0.29, 0.717) is 26.2 Å². The van der Waals surface area contributed by atoms with Gasteiger partial charge in [0.1, 0.15) is 0 Å². The highest BCUT2D eigenvalue weighted by molar-refractivity contribution is 7.91. The van der Waals surface area contributed by atoms with Crippen molar-refractivity contribution in [2.75, 3.05) is 36.8 Å². The first-order valence-corrected chi connectivity index (χ1v) is 11.0. The molecule has 0 unspecified atom stereocenters. The van der Waals surface area contributed by atoms with Crippen molar-refractivity contribution in [3.63, 3.8) is 0 Å². The molecule has 0 aliphatic carbocycles. The number of aryl methyl sites for hydroxylation is 1. The number of amides is 1. The summed E-state index contributed by atoms with van der Waals surface area (Å²) in [5, 5.41) is 10.9. The SMILES string of the molecule is Cc1ccc(S(=O)(=O)CCC(=O)N2CCN(c3cccc([N+](=O)[O-])c3)CC2)cc1. The Morgan fingerprint density at radius 2 is 1.72 bits per heavy atom. The van der Waals surface area contributed by atoms with E-state index < -0.39 is 14.8 Å². The lowest BCUT2D eigenvalue weighted by Gasteiger charge is -2.36. The standard InChI is InChI=1S/C20H23N3O5S/c1-16-5-7-19(8-6-16)29(27,28)14-9-20(24)22-12-10-21(11-13-22)17-3-2-4-18(15-17)23(25)26/h2-8,15H,9-14H2,1H3. The minimum Gasteiger partial charge on any atom is -0.368 e. The highest BCUT2D eigenvalue weighted by atomic mass is 32.2. The molecule has 1 aliphatic rings. The molecule has 0 N–H and O–H groups in total. The number of nitrogens with zero attached hydrogens (tertiary/aromatic N) is 3. The monoisotopic (exact) mass is 417 g/mol. The Kier molecular flexibility index (Phi) is 6.17. The molecule has 0 atom stereocenters. The molecule has 0 saturated carbocycles. The van der Waals surface area contributed by atoms with E-state index in [1.807, 2.05) is 11.8 Å². The number of carbonyl (C=O) groups excluding carboxylic acids is 1. The van der Waals surface area contributed by atoms with Crippen LogP contribution in [0.1, 0.15) is 12.0 Å². The Hall–Kier alpha value is -2.94. The smallest absolute Gasteiger partial charge is 0.271 e. The summed E-state index contributed by atoms with van der Waals surface area (Å²) in [5.41, 5.74) is 1.75. The van der Waals surface area contributed by atoms with Crippen LogP contribution in [0.2, 0.25) is 0 Å². The van der Waals surface area contributed by atoms with Gasteiger partial charge in [-0.2, -0.15) is 0 Å². The topological polar surface area (TPSA) is 101 Å². The van der Waals surface area contributed by atoms with Gasteiger partial charge in [-0.25, -0.2) is 8.42 Å². The maximum Gasteiger partial charge on any atom is 0.271 e. The van der Waals surface area contributed by atoms with E-state index in [4.69, 9.17) is 0 Å². The molecule has 1 saturated heterocycles. The molecule has 154 valence electrons. The number of hydrogen-bond acceptors (Lipinski definition) is 6. The van der Waals surface area contributed by atoms with Gasteiger partial charge in [-0.1, -0.05) is 23.8 Å². The molecule has 1 fully saturated rings. The molecule has 0 radical (unpaired) electrons. The molecule has 1 amide bonds. The number of piperazine rings is 1. The van der Waals surface area contributed by atoms with Crippen molar-refractivity contribution in [2.24, 2.45) is 0 Å². The second-order valence-corrected chi connectivity index (χ2v) is 9.14. The first-order chi connectivity index (χ1) is 13.8. The molecule has 0 aromatic heterocycles. The molecule has 1 heterocycles. The van der Waals surface area contributed by atoms with Crippen molar-refractivity contribution in [3.8, 4) is 0 Å². The lowest BCUT2D eigenvalue weighted by molar-refractivity contribution is -0.384. The molecule has 2 aromatic rings. The Bertz CT molecular complexity index is 997. The van der Waals surface area contributed by atoms with Crippen LogP contribution >= 0.6 is 0 Å². The lowest BCUT2D eigenvalue weighted by atomic mass is 10.2. The van der Waals surface area contributed by atoms with Gasteiger partial charge in [0.15, 0.2) is 9.84 Å². The molecule has 8 nitrogen and oxygen atoms in total. The van der Waals surface area contributed by atoms with Crippen LogP contribution in [0.5, 0.6) is 0 Å². The average molecular weight is 417 g/mol. The fourth-order valence-corrected chi connectivity index (χ4v) is 4.49. The Balaban J connectivity index is 1.54. The summed E-state index contributed by atoms with van der Waals surface area (Å²) < 4.78 is 24.8. The van der Waals surface area contributed by atoms with Gasteiger partial charge in [0, 0.05) is 50.4 Å². The zero-order valence-electron chi connectivity index (χ0n) is 16.2. The highest BCUT2D eigenvalue weighted by Gasteiger charge is 2.24. The Morgan fingerprint density at radius 3 is 2.34 bits per heavy atom. The third-order valence-corrected chi connectivity index (χ3v) is 6.73. The summed E-state index contributed by atoms with van der Waals surface area (Å²) in [5.74, 6) is -0.417. The number of benzene rings is 2. The van der Waals surface area contributed by atoms with Crippen LogP contribution in [0.3, 0.4) is 0 Å². The van der Waals surface area contributed by atoms with Gasteiger partial charge in [0.05, 0.1) is 15.6 Å². The third kappa shape index (κ3) is 5.11. The van der Waals surface area contributed by atoms with Crippen molar-refractivity contribution in [2.45, 2.75) is 18.2 Å². The number of rotatable bonds is 6. The summed E-state index contributed by atoms with van der Waals surface area (Å²) in [6.07, 6.45) is -0.0625. The summed E-state index contributed by atoms with van der Waals surface area (Å²) in [7, 11) is -3.50. The molecular weight excluding hydrogens is 394 g/mol. The van der Waals surface area contributed by atoms with E-state index in [9.17, 15) is 23.3 Å². The number of sulfone groups is 1. The van der Waals surface area contributed by atoms with Crippen molar-refractivity contribution in [1.82, 2.24) is 4.90 Å². The van der Waals surface area contributed by atoms with Crippen LogP contribution < -0.4 is 4.90 Å². The highest BCUT2D eigenvalue weighted by Crippen LogP contribution is 2.22. The second-order valence-electron chi connectivity index (χ2n) is 7.03. The van der Waals surface area contributed by atoms with Crippen LogP contribution in [0, 0.1) is 17.0 Å². The van der Waals surface area contributed by atoms with Crippen LogP contribution in [-0.2, 0) is 14.6 Å². The van der Waals surface area contributed by atoms with Crippen molar-refractivity contribution in [1.29, 1.82) is 0 Å². The minimum atomic E-state index is -3.50. The number of nitro groups is 1. The molecule has 3 rings (SSSR count). The first-order valence-electron chi connectivity index (χ1n) is 9.33. The average Bonchev–Trinajstić information content (AvgIpc) is 2.72. The maximum absolute atomic E-state index is 12.5. The summed E-state index contributed by atoms with van der Waals surface area (Å²) in [4.78, 5) is 26.8. The van der Waals surface area contributed by atoms with E-state index in [1.54, 1.807) is 41.3 Å². The fourth-order valence-electron chi connectivity index (χ4n) is 3.26. The van der Waals surface area contributed by atoms with Gasteiger partial charge >= 0.3 is 0 Å².